The van der Waals surface area contributed by atoms with Crippen molar-refractivity contribution in [2.24, 2.45) is 5.92 Å². The second-order valence-corrected chi connectivity index (χ2v) is 9.74. The molecule has 0 amide bonds. The molecule has 0 spiro atoms. The number of unbranched alkanes of at least 4 members (excludes halogenated alkanes) is 1. The fourth-order valence-electron chi connectivity index (χ4n) is 3.85. The summed E-state index contributed by atoms with van der Waals surface area (Å²) in [4.78, 5) is 45.6. The smallest absolute Gasteiger partial charge is 0.330 e. The van der Waals surface area contributed by atoms with E-state index in [2.05, 4.69) is 15.1 Å². The molecule has 4 aromatic rings. The molecule has 0 aliphatic carbocycles. The Morgan fingerprint density at radius 3 is 2.83 bits per heavy atom. The number of hydrogen-bond acceptors (Lipinski definition) is 8. The Balaban J connectivity index is 1.49. The minimum absolute atomic E-state index is 0.00630. The zero-order valence-corrected chi connectivity index (χ0v) is 20.9. The second kappa shape index (κ2) is 10.9. The van der Waals surface area contributed by atoms with Gasteiger partial charge in [-0.25, -0.2) is 9.78 Å². The number of imidazole rings is 1. The maximum Gasteiger partial charge on any atom is 0.330 e. The topological polar surface area (TPSA) is 125 Å². The van der Waals surface area contributed by atoms with Gasteiger partial charge in [-0.1, -0.05) is 38.4 Å². The third-order valence-corrected chi connectivity index (χ3v) is 6.39. The van der Waals surface area contributed by atoms with E-state index in [-0.39, 0.29) is 25.4 Å². The van der Waals surface area contributed by atoms with Crippen LogP contribution in [-0.4, -0.2) is 30.2 Å². The Labute approximate surface area is 205 Å². The van der Waals surface area contributed by atoms with Crippen molar-refractivity contribution in [3.05, 3.63) is 55.9 Å². The van der Waals surface area contributed by atoms with Crippen molar-refractivity contribution in [1.82, 2.24) is 24.3 Å². The number of rotatable bonds is 11. The molecule has 0 radical (unpaired) electrons. The van der Waals surface area contributed by atoms with Crippen LogP contribution in [0, 0.1) is 5.92 Å². The summed E-state index contributed by atoms with van der Waals surface area (Å²) in [7, 11) is 0. The summed E-state index contributed by atoms with van der Waals surface area (Å²) in [6, 6.07) is 5.60. The van der Waals surface area contributed by atoms with Gasteiger partial charge < -0.3 is 13.8 Å². The van der Waals surface area contributed by atoms with Gasteiger partial charge in [0.2, 0.25) is 0 Å². The molecular formula is C24H29N5O5S. The largest absolute Gasteiger partial charge is 0.459 e. The summed E-state index contributed by atoms with van der Waals surface area (Å²) < 4.78 is 14.0. The van der Waals surface area contributed by atoms with Gasteiger partial charge >= 0.3 is 11.7 Å². The lowest BCUT2D eigenvalue weighted by Crippen LogP contribution is -2.31. The third-order valence-electron chi connectivity index (χ3n) is 5.50. The van der Waals surface area contributed by atoms with Gasteiger partial charge in [-0.15, -0.1) is 11.3 Å². The van der Waals surface area contributed by atoms with Crippen molar-refractivity contribution in [3.8, 4) is 10.6 Å². The summed E-state index contributed by atoms with van der Waals surface area (Å²) in [5.74, 6) is 1.03. The molecule has 4 aromatic heterocycles. The molecule has 0 aliphatic rings. The predicted molar refractivity (Wildman–Crippen MR) is 132 cm³/mol. The predicted octanol–water partition coefficient (Wildman–Crippen LogP) is 3.73. The first-order chi connectivity index (χ1) is 16.9. The lowest BCUT2D eigenvalue weighted by atomic mass is 10.2. The van der Waals surface area contributed by atoms with Crippen LogP contribution in [0.5, 0.6) is 0 Å². The third kappa shape index (κ3) is 5.61. The molecule has 10 nitrogen and oxygen atoms in total. The lowest BCUT2D eigenvalue weighted by Gasteiger charge is -2.11. The highest BCUT2D eigenvalue weighted by molar-refractivity contribution is 7.13. The minimum atomic E-state index is -0.467. The monoisotopic (exact) mass is 499 g/mol. The molecule has 1 N–H and O–H groups in total. The van der Waals surface area contributed by atoms with Crippen LogP contribution in [0.3, 0.4) is 0 Å². The van der Waals surface area contributed by atoms with Gasteiger partial charge in [0.15, 0.2) is 16.9 Å². The maximum absolute atomic E-state index is 12.7. The molecule has 0 bridgehead atoms. The fourth-order valence-corrected chi connectivity index (χ4v) is 4.52. The van der Waals surface area contributed by atoms with E-state index in [0.29, 0.717) is 41.5 Å². The van der Waals surface area contributed by atoms with E-state index in [1.165, 1.54) is 15.9 Å². The number of carbonyl (C=O) groups is 1. The SMILES string of the molecule is CCCCn1c(=O)[nH]c(=O)c2c1nc(CCC(=O)OCc1cc(-c3cccs3)on1)n2CC(C)C. The van der Waals surface area contributed by atoms with E-state index in [9.17, 15) is 14.4 Å². The summed E-state index contributed by atoms with van der Waals surface area (Å²) >= 11 is 1.54. The van der Waals surface area contributed by atoms with E-state index in [4.69, 9.17) is 9.26 Å². The van der Waals surface area contributed by atoms with Crippen molar-refractivity contribution in [1.29, 1.82) is 0 Å². The molecule has 0 unspecified atom stereocenters. The molecule has 0 saturated heterocycles. The minimum Gasteiger partial charge on any atom is -0.459 e. The number of aromatic amines is 1. The van der Waals surface area contributed by atoms with Crippen LogP contribution in [0.4, 0.5) is 0 Å². The van der Waals surface area contributed by atoms with E-state index in [0.717, 1.165) is 17.7 Å². The first kappa shape index (κ1) is 24.6. The van der Waals surface area contributed by atoms with Gasteiger partial charge in [0.1, 0.15) is 18.1 Å². The van der Waals surface area contributed by atoms with Crippen molar-refractivity contribution in [2.75, 3.05) is 0 Å². The number of aromatic nitrogens is 5. The van der Waals surface area contributed by atoms with Crippen LogP contribution >= 0.6 is 11.3 Å². The molecule has 0 saturated carbocycles. The van der Waals surface area contributed by atoms with Crippen molar-refractivity contribution in [2.45, 2.75) is 66.2 Å². The fraction of sp³-hybridized carbons (Fsp3) is 0.458. The quantitative estimate of drug-likeness (QED) is 0.312. The lowest BCUT2D eigenvalue weighted by molar-refractivity contribution is -0.145. The van der Waals surface area contributed by atoms with Crippen molar-refractivity contribution in [3.63, 3.8) is 0 Å². The zero-order valence-electron chi connectivity index (χ0n) is 20.1. The summed E-state index contributed by atoms with van der Waals surface area (Å²) in [5, 5.41) is 5.90. The summed E-state index contributed by atoms with van der Waals surface area (Å²) in [6.45, 7) is 7.12. The standard InChI is InChI=1S/C24H29N5O5S/c1-4-5-10-28-22-21(23(31)26-24(28)32)29(13-15(2)3)19(25-22)8-9-20(30)33-14-16-12-17(34-27-16)18-7-6-11-35-18/h6-7,11-12,15H,4-5,8-10,13-14H2,1-3H3,(H,26,31,32). The number of esters is 1. The molecule has 4 heterocycles. The number of aryl methyl sites for hydroxylation is 2. The molecule has 0 atom stereocenters. The number of H-pyrrole nitrogens is 1. The first-order valence-corrected chi connectivity index (χ1v) is 12.6. The van der Waals surface area contributed by atoms with Crippen LogP contribution in [0.2, 0.25) is 0 Å². The van der Waals surface area contributed by atoms with E-state index in [1.54, 1.807) is 6.07 Å². The Morgan fingerprint density at radius 1 is 1.29 bits per heavy atom. The van der Waals surface area contributed by atoms with Crippen LogP contribution in [0.1, 0.15) is 51.6 Å². The number of hydrogen-bond donors (Lipinski definition) is 1. The molecular weight excluding hydrogens is 470 g/mol. The van der Waals surface area contributed by atoms with E-state index in [1.807, 2.05) is 42.9 Å². The van der Waals surface area contributed by atoms with Gasteiger partial charge in [-0.2, -0.15) is 0 Å². The zero-order chi connectivity index (χ0) is 24.9. The number of carbonyl (C=O) groups excluding carboxylic acids is 1. The molecule has 0 aliphatic heterocycles. The Bertz CT molecular complexity index is 1410. The Kier molecular flexibility index (Phi) is 7.64. The average Bonchev–Trinajstić information content (AvgIpc) is 3.56. The van der Waals surface area contributed by atoms with E-state index < -0.39 is 17.2 Å². The molecule has 0 fully saturated rings. The van der Waals surface area contributed by atoms with Gasteiger partial charge in [0, 0.05) is 25.6 Å². The highest BCUT2D eigenvalue weighted by Gasteiger charge is 2.20. The number of nitrogens with one attached hydrogen (secondary N) is 1. The molecule has 186 valence electrons. The number of nitrogens with zero attached hydrogens (tertiary/aromatic N) is 4. The Morgan fingerprint density at radius 2 is 2.11 bits per heavy atom. The van der Waals surface area contributed by atoms with Crippen LogP contribution in [0.15, 0.2) is 37.7 Å². The van der Waals surface area contributed by atoms with Crippen molar-refractivity contribution >= 4 is 28.5 Å². The van der Waals surface area contributed by atoms with Gasteiger partial charge in [-0.3, -0.25) is 19.1 Å². The first-order valence-electron chi connectivity index (χ1n) is 11.7. The molecule has 0 aromatic carbocycles. The molecule has 4 rings (SSSR count). The summed E-state index contributed by atoms with van der Waals surface area (Å²) in [6.07, 6.45) is 2.05. The van der Waals surface area contributed by atoms with Crippen LogP contribution in [-0.2, 0) is 35.6 Å². The maximum atomic E-state index is 12.7. The highest BCUT2D eigenvalue weighted by Crippen LogP contribution is 2.25. The molecule has 11 heteroatoms. The van der Waals surface area contributed by atoms with Crippen molar-refractivity contribution < 1.29 is 14.1 Å². The summed E-state index contributed by atoms with van der Waals surface area (Å²) in [5.41, 5.74) is 0.319. The van der Waals surface area contributed by atoms with E-state index >= 15 is 0 Å². The Hall–Kier alpha value is -3.47. The normalized spacial score (nSPS) is 11.5. The number of ether oxygens (including phenoxy) is 1. The van der Waals surface area contributed by atoms with Gasteiger partial charge in [-0.05, 0) is 23.8 Å². The number of thiophene rings is 1. The highest BCUT2D eigenvalue weighted by atomic mass is 32.1. The number of fused-ring (bicyclic) bond motifs is 1. The average molecular weight is 500 g/mol. The molecule has 35 heavy (non-hydrogen) atoms. The van der Waals surface area contributed by atoms with Crippen LogP contribution in [0.25, 0.3) is 21.8 Å². The van der Waals surface area contributed by atoms with Crippen LogP contribution < -0.4 is 11.2 Å². The van der Waals surface area contributed by atoms with Gasteiger partial charge in [0.05, 0.1) is 11.3 Å². The second-order valence-electron chi connectivity index (χ2n) is 8.79. The van der Waals surface area contributed by atoms with Gasteiger partial charge in [0.25, 0.3) is 5.56 Å².